The lowest BCUT2D eigenvalue weighted by atomic mass is 9.98. The lowest BCUT2D eigenvalue weighted by molar-refractivity contribution is -0.131. The topological polar surface area (TPSA) is 74.7 Å². The molecule has 3 atom stereocenters. The van der Waals surface area contributed by atoms with Crippen molar-refractivity contribution in [3.8, 4) is 0 Å². The number of carbonyl (C=O) groups excluding carboxylic acids is 1. The van der Waals surface area contributed by atoms with Gasteiger partial charge in [-0.3, -0.25) is 4.79 Å². The molecule has 1 fully saturated rings. The molecule has 0 aliphatic carbocycles. The summed E-state index contributed by atoms with van der Waals surface area (Å²) in [5.74, 6) is -1.21. The van der Waals surface area contributed by atoms with Crippen LogP contribution in [-0.4, -0.2) is 49.3 Å². The van der Waals surface area contributed by atoms with E-state index in [1.165, 1.54) is 4.90 Å². The largest absolute Gasteiger partial charge is 0.394 e. The average Bonchev–Trinajstić information content (AvgIpc) is 2.58. The molecule has 1 amide bonds. The fraction of sp³-hybridized carbons (Fsp3) is 0.909. The van der Waals surface area contributed by atoms with E-state index >= 15 is 0 Å². The number of aliphatic hydroxyl groups is 1. The van der Waals surface area contributed by atoms with Gasteiger partial charge in [0.25, 0.3) is 0 Å². The van der Waals surface area contributed by atoms with Crippen LogP contribution < -0.4 is 0 Å². The molecule has 0 aromatic rings. The first-order valence-corrected chi connectivity index (χ1v) is 7.66. The van der Waals surface area contributed by atoms with Crippen LogP contribution in [0, 0.1) is 11.8 Å². The zero-order valence-corrected chi connectivity index (χ0v) is 11.5. The van der Waals surface area contributed by atoms with E-state index in [1.807, 2.05) is 13.8 Å². The van der Waals surface area contributed by atoms with Crippen molar-refractivity contribution in [1.82, 2.24) is 4.90 Å². The molecule has 0 radical (unpaired) electrons. The number of rotatable bonds is 6. The van der Waals surface area contributed by atoms with E-state index in [0.29, 0.717) is 0 Å². The molecule has 0 aromatic carbocycles. The molecule has 0 aromatic heterocycles. The highest BCUT2D eigenvalue weighted by Gasteiger charge is 2.37. The molecule has 1 N–H and O–H groups in total. The summed E-state index contributed by atoms with van der Waals surface area (Å²) in [5.41, 5.74) is 0. The zero-order valence-electron chi connectivity index (χ0n) is 10.7. The van der Waals surface area contributed by atoms with Gasteiger partial charge in [-0.05, 0) is 5.92 Å². The van der Waals surface area contributed by atoms with E-state index in [-0.39, 0.29) is 37.4 Å². The first-order chi connectivity index (χ1) is 8.28. The normalized spacial score (nSPS) is 24.3. The first-order valence-electron chi connectivity index (χ1n) is 6.11. The highest BCUT2D eigenvalue weighted by molar-refractivity contribution is 7.86. The van der Waals surface area contributed by atoms with Crippen LogP contribution in [0.3, 0.4) is 0 Å². The Hall–Kier alpha value is -0.690. The minimum absolute atomic E-state index is 0.0378. The Morgan fingerprint density at radius 3 is 2.61 bits per heavy atom. The predicted molar refractivity (Wildman–Crippen MR) is 65.0 cm³/mol. The van der Waals surface area contributed by atoms with Crippen molar-refractivity contribution < 1.29 is 22.2 Å². The third-order valence-electron chi connectivity index (χ3n) is 3.56. The van der Waals surface area contributed by atoms with Crippen LogP contribution in [0.5, 0.6) is 0 Å². The molecule has 5 nitrogen and oxygen atoms in total. The minimum atomic E-state index is -4.55. The number of nitrogens with zero attached hydrogens (tertiary/aromatic N) is 1. The summed E-state index contributed by atoms with van der Waals surface area (Å²) in [6.45, 7) is 3.93. The molecule has 0 spiro atoms. The Kier molecular flexibility index (Phi) is 5.10. The Bertz CT molecular complexity index is 398. The number of hydrogen-bond donors (Lipinski definition) is 1. The number of aliphatic hydroxyl groups excluding tert-OH is 1. The van der Waals surface area contributed by atoms with Gasteiger partial charge in [-0.25, -0.2) is 0 Å². The molecular formula is C11H20FNO4S. The smallest absolute Gasteiger partial charge is 0.302 e. The fourth-order valence-corrected chi connectivity index (χ4v) is 3.17. The maximum absolute atomic E-state index is 12.6. The molecule has 1 unspecified atom stereocenters. The van der Waals surface area contributed by atoms with Crippen LogP contribution in [0.1, 0.15) is 26.7 Å². The highest BCUT2D eigenvalue weighted by atomic mass is 32.3. The van der Waals surface area contributed by atoms with E-state index < -0.39 is 21.9 Å². The van der Waals surface area contributed by atoms with E-state index in [4.69, 9.17) is 0 Å². The van der Waals surface area contributed by atoms with Gasteiger partial charge in [0.05, 0.1) is 18.4 Å². The van der Waals surface area contributed by atoms with Gasteiger partial charge in [0.2, 0.25) is 5.91 Å². The van der Waals surface area contributed by atoms with Crippen LogP contribution in [0.2, 0.25) is 0 Å². The molecular weight excluding hydrogens is 261 g/mol. The maximum Gasteiger partial charge on any atom is 0.302 e. The summed E-state index contributed by atoms with van der Waals surface area (Å²) in [4.78, 5) is 13.3. The molecule has 1 rings (SSSR count). The second-order valence-corrected chi connectivity index (χ2v) is 6.37. The van der Waals surface area contributed by atoms with E-state index in [1.54, 1.807) is 0 Å². The van der Waals surface area contributed by atoms with Crippen LogP contribution in [0.25, 0.3) is 0 Å². The standard InChI is InChI=1S/C11H20FNO4S/c1-3-8(2)10(6-14)13-5-9(4-11(13)15)7-18(12,16)17/h8-10,14H,3-7H2,1-2H3/t8-,9?,10+/m0/s1. The predicted octanol–water partition coefficient (Wildman–Crippen LogP) is 0.541. The summed E-state index contributed by atoms with van der Waals surface area (Å²) in [6.07, 6.45) is 0.844. The lowest BCUT2D eigenvalue weighted by Gasteiger charge is -2.31. The van der Waals surface area contributed by atoms with E-state index in [9.17, 15) is 22.2 Å². The molecule has 1 saturated heterocycles. The van der Waals surface area contributed by atoms with E-state index in [2.05, 4.69) is 0 Å². The molecule has 0 bridgehead atoms. The maximum atomic E-state index is 12.6. The van der Waals surface area contributed by atoms with E-state index in [0.717, 1.165) is 6.42 Å². The van der Waals surface area contributed by atoms with Crippen molar-refractivity contribution in [2.24, 2.45) is 11.8 Å². The summed E-state index contributed by atoms with van der Waals surface area (Å²) in [5, 5.41) is 9.34. The Morgan fingerprint density at radius 2 is 2.17 bits per heavy atom. The second kappa shape index (κ2) is 5.97. The zero-order chi connectivity index (χ0) is 13.9. The quantitative estimate of drug-likeness (QED) is 0.721. The van der Waals surface area contributed by atoms with Crippen molar-refractivity contribution in [2.75, 3.05) is 18.9 Å². The summed E-state index contributed by atoms with van der Waals surface area (Å²) >= 11 is 0. The van der Waals surface area contributed by atoms with Gasteiger partial charge in [-0.1, -0.05) is 20.3 Å². The molecule has 1 aliphatic heterocycles. The van der Waals surface area contributed by atoms with Crippen molar-refractivity contribution >= 4 is 16.1 Å². The average molecular weight is 281 g/mol. The van der Waals surface area contributed by atoms with Gasteiger partial charge in [-0.2, -0.15) is 8.42 Å². The summed E-state index contributed by atoms with van der Waals surface area (Å²) < 4.78 is 33.8. The number of carbonyl (C=O) groups is 1. The molecule has 7 heteroatoms. The van der Waals surface area contributed by atoms with Gasteiger partial charge in [0.15, 0.2) is 0 Å². The molecule has 18 heavy (non-hydrogen) atoms. The van der Waals surface area contributed by atoms with Crippen LogP contribution in [0.15, 0.2) is 0 Å². The van der Waals surface area contributed by atoms with Gasteiger partial charge >= 0.3 is 10.2 Å². The fourth-order valence-electron chi connectivity index (χ4n) is 2.38. The Labute approximate surface area is 107 Å². The SMILES string of the molecule is CC[C@H](C)[C@@H](CO)N1CC(CS(=O)(=O)F)CC1=O. The molecule has 0 saturated carbocycles. The Morgan fingerprint density at radius 1 is 1.56 bits per heavy atom. The number of amides is 1. The minimum Gasteiger partial charge on any atom is -0.394 e. The number of hydrogen-bond acceptors (Lipinski definition) is 4. The second-order valence-electron chi connectivity index (χ2n) is 4.96. The van der Waals surface area contributed by atoms with Crippen molar-refractivity contribution in [3.63, 3.8) is 0 Å². The summed E-state index contributed by atoms with van der Waals surface area (Å²) in [6, 6.07) is -0.310. The van der Waals surface area contributed by atoms with Gasteiger partial charge in [-0.15, -0.1) is 3.89 Å². The number of halogens is 1. The van der Waals surface area contributed by atoms with Crippen molar-refractivity contribution in [2.45, 2.75) is 32.7 Å². The van der Waals surface area contributed by atoms with Crippen molar-refractivity contribution in [1.29, 1.82) is 0 Å². The van der Waals surface area contributed by atoms with Gasteiger partial charge < -0.3 is 10.0 Å². The molecule has 1 heterocycles. The molecule has 106 valence electrons. The van der Waals surface area contributed by atoms with Crippen molar-refractivity contribution in [3.05, 3.63) is 0 Å². The van der Waals surface area contributed by atoms with Crippen LogP contribution in [0.4, 0.5) is 3.89 Å². The molecule has 1 aliphatic rings. The highest BCUT2D eigenvalue weighted by Crippen LogP contribution is 2.25. The number of likely N-dealkylation sites (tertiary alicyclic amines) is 1. The van der Waals surface area contributed by atoms with Crippen LogP contribution >= 0.6 is 0 Å². The van der Waals surface area contributed by atoms with Gasteiger partial charge in [0.1, 0.15) is 0 Å². The monoisotopic (exact) mass is 281 g/mol. The van der Waals surface area contributed by atoms with Crippen LogP contribution in [-0.2, 0) is 15.0 Å². The summed E-state index contributed by atoms with van der Waals surface area (Å²) in [7, 11) is -4.55. The third kappa shape index (κ3) is 3.91. The Balaban J connectivity index is 2.71. The first kappa shape index (κ1) is 15.4. The lowest BCUT2D eigenvalue weighted by Crippen LogP contribution is -2.43. The third-order valence-corrected chi connectivity index (χ3v) is 4.43. The van der Waals surface area contributed by atoms with Gasteiger partial charge in [0, 0.05) is 18.9 Å².